The van der Waals surface area contributed by atoms with Gasteiger partial charge in [-0.3, -0.25) is 4.79 Å². The maximum atomic E-state index is 12.2. The second-order valence-electron chi connectivity index (χ2n) is 5.95. The summed E-state index contributed by atoms with van der Waals surface area (Å²) in [4.78, 5) is 12.2. The molecule has 2 aromatic rings. The van der Waals surface area contributed by atoms with Gasteiger partial charge >= 0.3 is 0 Å². The second-order valence-corrected chi connectivity index (χ2v) is 5.95. The Morgan fingerprint density at radius 1 is 1.16 bits per heavy atom. The van der Waals surface area contributed by atoms with E-state index in [0.29, 0.717) is 26.2 Å². The zero-order chi connectivity index (χ0) is 17.5. The molecule has 1 N–H and O–H groups in total. The number of hydrogen-bond donors (Lipinski definition) is 1. The van der Waals surface area contributed by atoms with Crippen LogP contribution in [0.25, 0.3) is 0 Å². The first kappa shape index (κ1) is 17.1. The molecule has 0 bridgehead atoms. The number of carbonyl (C=O) groups excluding carboxylic acids is 1. The molecule has 0 spiro atoms. The molecular weight excluding hydrogens is 318 g/mol. The minimum absolute atomic E-state index is 0.0417. The van der Waals surface area contributed by atoms with E-state index in [1.165, 1.54) is 0 Å². The lowest BCUT2D eigenvalue weighted by molar-refractivity contribution is -0.121. The monoisotopic (exact) mass is 341 g/mol. The lowest BCUT2D eigenvalue weighted by Gasteiger charge is -2.25. The minimum atomic E-state index is 0.0417. The number of carbonyl (C=O) groups is 1. The lowest BCUT2D eigenvalue weighted by Crippen LogP contribution is -2.30. The fourth-order valence-electron chi connectivity index (χ4n) is 2.96. The summed E-state index contributed by atoms with van der Waals surface area (Å²) in [5.41, 5.74) is 1.12. The highest BCUT2D eigenvalue weighted by Gasteiger charge is 2.23. The fraction of sp³-hybridized carbons (Fsp3) is 0.350. The van der Waals surface area contributed by atoms with Gasteiger partial charge in [-0.25, -0.2) is 0 Å². The Hall–Kier alpha value is -2.69. The summed E-state index contributed by atoms with van der Waals surface area (Å²) in [6, 6.07) is 15.3. The zero-order valence-electron chi connectivity index (χ0n) is 14.4. The third-order valence-corrected chi connectivity index (χ3v) is 4.27. The molecule has 1 unspecified atom stereocenters. The molecule has 132 valence electrons. The summed E-state index contributed by atoms with van der Waals surface area (Å²) in [7, 11) is 1.63. The topological polar surface area (TPSA) is 56.8 Å². The Balaban J connectivity index is 1.41. The molecule has 0 aliphatic carbocycles. The second kappa shape index (κ2) is 8.42. The van der Waals surface area contributed by atoms with Crippen molar-refractivity contribution in [2.45, 2.75) is 18.8 Å². The Bertz CT molecular complexity index is 699. The molecule has 2 aromatic carbocycles. The van der Waals surface area contributed by atoms with Gasteiger partial charge in [0.15, 0.2) is 0 Å². The van der Waals surface area contributed by atoms with Gasteiger partial charge in [0.05, 0.1) is 20.3 Å². The van der Waals surface area contributed by atoms with E-state index in [-0.39, 0.29) is 11.8 Å². The Kier molecular flexibility index (Phi) is 5.77. The van der Waals surface area contributed by atoms with Crippen LogP contribution in [-0.4, -0.2) is 32.8 Å². The third-order valence-electron chi connectivity index (χ3n) is 4.27. The molecule has 1 amide bonds. The van der Waals surface area contributed by atoms with E-state index in [4.69, 9.17) is 14.2 Å². The number of nitrogens with one attached hydrogen (secondary N) is 1. The lowest BCUT2D eigenvalue weighted by atomic mass is 9.90. The van der Waals surface area contributed by atoms with Gasteiger partial charge < -0.3 is 19.5 Å². The number of rotatable bonds is 7. The molecule has 0 saturated carbocycles. The van der Waals surface area contributed by atoms with E-state index in [2.05, 4.69) is 5.32 Å². The number of para-hydroxylation sites is 1. The Morgan fingerprint density at radius 2 is 1.92 bits per heavy atom. The van der Waals surface area contributed by atoms with Crippen LogP contribution < -0.4 is 19.5 Å². The van der Waals surface area contributed by atoms with Crippen molar-refractivity contribution in [1.29, 1.82) is 0 Å². The number of benzene rings is 2. The molecule has 5 heteroatoms. The Morgan fingerprint density at radius 3 is 2.72 bits per heavy atom. The quantitative estimate of drug-likeness (QED) is 0.786. The molecule has 1 aliphatic rings. The van der Waals surface area contributed by atoms with E-state index in [0.717, 1.165) is 29.2 Å². The standard InChI is InChI=1S/C20H23NO4/c1-23-16-6-8-17(9-7-16)24-13-11-21-20(22)14-15-10-12-25-19-5-3-2-4-18(15)19/h2-9,15H,10-14H2,1H3,(H,21,22). The number of hydrogen-bond acceptors (Lipinski definition) is 4. The van der Waals surface area contributed by atoms with Crippen LogP contribution >= 0.6 is 0 Å². The van der Waals surface area contributed by atoms with Gasteiger partial charge in [0.2, 0.25) is 5.91 Å². The number of amides is 1. The zero-order valence-corrected chi connectivity index (χ0v) is 14.4. The predicted molar refractivity (Wildman–Crippen MR) is 95.4 cm³/mol. The van der Waals surface area contributed by atoms with Crippen LogP contribution in [0, 0.1) is 0 Å². The average Bonchev–Trinajstić information content (AvgIpc) is 2.66. The van der Waals surface area contributed by atoms with Crippen LogP contribution in [0.15, 0.2) is 48.5 Å². The maximum Gasteiger partial charge on any atom is 0.220 e. The van der Waals surface area contributed by atoms with E-state index in [9.17, 15) is 4.79 Å². The highest BCUT2D eigenvalue weighted by molar-refractivity contribution is 5.77. The highest BCUT2D eigenvalue weighted by atomic mass is 16.5. The molecule has 1 aliphatic heterocycles. The molecule has 0 fully saturated rings. The molecule has 3 rings (SSSR count). The summed E-state index contributed by atoms with van der Waals surface area (Å²) in [6.07, 6.45) is 1.34. The summed E-state index contributed by atoms with van der Waals surface area (Å²) in [5.74, 6) is 2.70. The SMILES string of the molecule is COc1ccc(OCCNC(=O)CC2CCOc3ccccc32)cc1. The van der Waals surface area contributed by atoms with E-state index in [1.54, 1.807) is 7.11 Å². The van der Waals surface area contributed by atoms with Gasteiger partial charge in [-0.15, -0.1) is 0 Å². The molecular formula is C20H23NO4. The fourth-order valence-corrected chi connectivity index (χ4v) is 2.96. The van der Waals surface area contributed by atoms with Crippen LogP contribution in [0.5, 0.6) is 17.2 Å². The first-order valence-electron chi connectivity index (χ1n) is 8.51. The van der Waals surface area contributed by atoms with Crippen LogP contribution in [0.4, 0.5) is 0 Å². The van der Waals surface area contributed by atoms with Crippen LogP contribution in [0.3, 0.4) is 0 Å². The molecule has 5 nitrogen and oxygen atoms in total. The highest BCUT2D eigenvalue weighted by Crippen LogP contribution is 2.35. The predicted octanol–water partition coefficient (Wildman–Crippen LogP) is 3.15. The number of fused-ring (bicyclic) bond motifs is 1. The molecule has 1 atom stereocenters. The third kappa shape index (κ3) is 4.66. The summed E-state index contributed by atoms with van der Waals surface area (Å²) in [6.45, 7) is 1.58. The number of ether oxygens (including phenoxy) is 3. The average molecular weight is 341 g/mol. The van der Waals surface area contributed by atoms with Gasteiger partial charge in [-0.1, -0.05) is 18.2 Å². The van der Waals surface area contributed by atoms with Crippen molar-refractivity contribution in [2.75, 3.05) is 26.9 Å². The van der Waals surface area contributed by atoms with Crippen molar-refractivity contribution in [1.82, 2.24) is 5.32 Å². The van der Waals surface area contributed by atoms with Gasteiger partial charge in [-0.05, 0) is 48.2 Å². The van der Waals surface area contributed by atoms with E-state index < -0.39 is 0 Å². The van der Waals surface area contributed by atoms with Crippen molar-refractivity contribution < 1.29 is 19.0 Å². The molecule has 1 heterocycles. The van der Waals surface area contributed by atoms with Gasteiger partial charge in [0, 0.05) is 6.42 Å². The van der Waals surface area contributed by atoms with Crippen molar-refractivity contribution in [2.24, 2.45) is 0 Å². The van der Waals surface area contributed by atoms with Gasteiger partial charge in [0.1, 0.15) is 23.9 Å². The van der Waals surface area contributed by atoms with Crippen LogP contribution in [-0.2, 0) is 4.79 Å². The molecule has 0 radical (unpaired) electrons. The number of methoxy groups -OCH3 is 1. The first-order valence-corrected chi connectivity index (χ1v) is 8.51. The first-order chi connectivity index (χ1) is 12.3. The van der Waals surface area contributed by atoms with Crippen molar-refractivity contribution >= 4 is 5.91 Å². The van der Waals surface area contributed by atoms with Crippen molar-refractivity contribution in [3.05, 3.63) is 54.1 Å². The smallest absolute Gasteiger partial charge is 0.220 e. The van der Waals surface area contributed by atoms with Crippen LogP contribution in [0.2, 0.25) is 0 Å². The maximum absolute atomic E-state index is 12.2. The normalized spacial score (nSPS) is 15.6. The van der Waals surface area contributed by atoms with Crippen molar-refractivity contribution in [3.8, 4) is 17.2 Å². The summed E-state index contributed by atoms with van der Waals surface area (Å²) in [5, 5.41) is 2.92. The summed E-state index contributed by atoms with van der Waals surface area (Å²) < 4.78 is 16.4. The summed E-state index contributed by atoms with van der Waals surface area (Å²) >= 11 is 0. The van der Waals surface area contributed by atoms with Crippen LogP contribution in [0.1, 0.15) is 24.3 Å². The van der Waals surface area contributed by atoms with Crippen molar-refractivity contribution in [3.63, 3.8) is 0 Å². The Labute approximate surface area is 147 Å². The minimum Gasteiger partial charge on any atom is -0.497 e. The van der Waals surface area contributed by atoms with Gasteiger partial charge in [0.25, 0.3) is 0 Å². The molecule has 25 heavy (non-hydrogen) atoms. The van der Waals surface area contributed by atoms with Gasteiger partial charge in [-0.2, -0.15) is 0 Å². The van der Waals surface area contributed by atoms with E-state index in [1.807, 2.05) is 48.5 Å². The van der Waals surface area contributed by atoms with E-state index >= 15 is 0 Å². The molecule has 0 saturated heterocycles. The molecule has 0 aromatic heterocycles. The largest absolute Gasteiger partial charge is 0.497 e.